The molecule has 0 aromatic carbocycles. The van der Waals surface area contributed by atoms with Crippen molar-refractivity contribution in [1.29, 1.82) is 0 Å². The lowest BCUT2D eigenvalue weighted by Gasteiger charge is -2.09. The van der Waals surface area contributed by atoms with Crippen molar-refractivity contribution in [3.05, 3.63) is 189 Å². The van der Waals surface area contributed by atoms with E-state index in [1.807, 2.05) is 0 Å². The summed E-state index contributed by atoms with van der Waals surface area (Å²) in [6.45, 7) is 1.72. The van der Waals surface area contributed by atoms with E-state index in [9.17, 15) is 103 Å². The summed E-state index contributed by atoms with van der Waals surface area (Å²) in [4.78, 5) is 203. The van der Waals surface area contributed by atoms with Gasteiger partial charge >= 0.3 is 39.8 Å². The van der Waals surface area contributed by atoms with E-state index in [0.29, 0.717) is 91.7 Å². The Morgan fingerprint density at radius 3 is 0.790 bits per heavy atom. The van der Waals surface area contributed by atoms with E-state index in [1.54, 1.807) is 62.8 Å². The monoisotopic (exact) mass is 2030 g/mol. The van der Waals surface area contributed by atoms with E-state index in [1.165, 1.54) is 114 Å². The largest absolute Gasteiger partial charge is 0.393 e. The van der Waals surface area contributed by atoms with Gasteiger partial charge in [0, 0.05) is 174 Å². The van der Waals surface area contributed by atoms with Gasteiger partial charge in [0.1, 0.15) is 20.2 Å². The maximum absolute atomic E-state index is 12.9. The Balaban J connectivity index is 0.000000241. The number of nitrogens with zero attached hydrogens (tertiary/aromatic N) is 28. The molecule has 0 bridgehead atoms. The van der Waals surface area contributed by atoms with E-state index in [4.69, 9.17) is 38.4 Å². The van der Waals surface area contributed by atoms with Crippen LogP contribution in [0.5, 0.6) is 0 Å². The zero-order valence-corrected chi connectivity index (χ0v) is 83.5. The molecule has 788 valence electrons. The van der Waals surface area contributed by atoms with Crippen molar-refractivity contribution < 1.29 is 74.1 Å². The van der Waals surface area contributed by atoms with Crippen LogP contribution >= 0.6 is 0 Å². The third-order valence-electron chi connectivity index (χ3n) is 22.8. The number of aliphatic hydroxyl groups excluding tert-OH is 3. The Morgan fingerprint density at radius 1 is 0.266 bits per heavy atom. The van der Waals surface area contributed by atoms with Crippen LogP contribution in [0.25, 0.3) is 78.1 Å². The molecular weight excluding hydrogens is 1860 g/mol. The van der Waals surface area contributed by atoms with Crippen LogP contribution in [-0.4, -0.2) is 209 Å². The quantitative estimate of drug-likeness (QED) is 0.0270. The summed E-state index contributed by atoms with van der Waals surface area (Å²) in [7, 11) is 15.5. The molecule has 0 radical (unpaired) electrons. The second kappa shape index (κ2) is 51.1. The predicted molar refractivity (Wildman–Crippen MR) is 544 cm³/mol. The summed E-state index contributed by atoms with van der Waals surface area (Å²) >= 11 is 0. The number of hydrogen-bond donors (Lipinski definition) is 7. The number of unbranched alkanes of at least 4 members (excludes halogenated alkanes) is 2. The number of imidazole rings is 7. The summed E-state index contributed by atoms with van der Waals surface area (Å²) in [5.41, 5.74) is -8.50. The maximum Gasteiger partial charge on any atom is 0.332 e. The second-order valence-corrected chi connectivity index (χ2v) is 33.9. The van der Waals surface area contributed by atoms with Gasteiger partial charge in [-0.15, -0.1) is 0 Å². The molecule has 0 saturated carbocycles. The highest BCUT2D eigenvalue weighted by Gasteiger charge is 2.25. The molecule has 14 aromatic rings. The molecule has 14 aromatic heterocycles. The molecule has 0 aliphatic rings. The Bertz CT molecular complexity index is 9130. The van der Waals surface area contributed by atoms with Gasteiger partial charge in [-0.3, -0.25) is 97.5 Å². The Kier molecular flexibility index (Phi) is 28.3. The van der Waals surface area contributed by atoms with Crippen LogP contribution in [-0.2, 0) is 144 Å². The van der Waals surface area contributed by atoms with Crippen LogP contribution in [0.15, 0.2) is 92.4 Å². The molecule has 49 nitrogen and oxygen atoms in total. The van der Waals surface area contributed by atoms with Crippen molar-refractivity contribution in [2.45, 2.75) is 292 Å². The predicted octanol–water partition coefficient (Wildman–Crippen LogP) is 0.819. The number of fused-ring (bicyclic) bond motifs is 7. The van der Waals surface area contributed by atoms with E-state index in [0.717, 1.165) is 59.2 Å². The van der Waals surface area contributed by atoms with Gasteiger partial charge < -0.3 is 67.7 Å². The average Bonchev–Trinajstić information content (AvgIpc) is 1.38. The van der Waals surface area contributed by atoms with Crippen LogP contribution in [0.1, 0.15) is 239 Å². The second-order valence-electron chi connectivity index (χ2n) is 33.9. The fourth-order valence-corrected chi connectivity index (χ4v) is 15.0. The molecule has 14 heterocycles. The highest BCUT2D eigenvalue weighted by atomic mass is 16.3. The normalized spacial score (nSPS) is 17.6. The molecule has 49 heteroatoms. The van der Waals surface area contributed by atoms with Gasteiger partial charge in [0.15, 0.2) is 78.1 Å². The van der Waals surface area contributed by atoms with Gasteiger partial charge in [0.2, 0.25) is 0 Å². The third-order valence-corrected chi connectivity index (χ3v) is 22.8. The first kappa shape index (κ1) is 79.3. The Labute approximate surface area is 860 Å². The lowest BCUT2D eigenvalue weighted by atomic mass is 10.2. The summed E-state index contributed by atoms with van der Waals surface area (Å²) in [6.07, 6.45) is -16.5. The van der Waals surface area contributed by atoms with Gasteiger partial charge in [0.05, 0.1) is 73.4 Å². The van der Waals surface area contributed by atoms with Crippen molar-refractivity contribution in [1.82, 2.24) is 131 Å². The van der Waals surface area contributed by atoms with Gasteiger partial charge in [-0.1, -0.05) is 0 Å². The number of aromatic nitrogens is 28. The van der Waals surface area contributed by atoms with E-state index in [-0.39, 0.29) is 169 Å². The SMILES string of the molecule is C[C@H](O)CCCCn1c(=O)c2c(ncn2C)n(C)c1=O.[2H]C([2H])(CCCn1c(=O)c2c(nc(C)n2C)n(C)c1=O)[C@]([2H])(C)O.[2H]C([2H])([2H])n1c(C)nc2c1c(=O)n(CCCC([2H])([2H])[C@]([2H])(C)O)c(=O)n2C.[2H]C([2H])([2H])n1c(C)nc2c1c(=O)n(CCCC([2H])([2H])[C@]([2H])(C)O)c(=O)n2C([2H])([2H])[2H].[2H][C@@](C)(O)CCCCn1c(=O)c2c(ncn2C)n(C)c1=O.[2H]c1nc2c(c(=O)n(CCCC([2H])([2H])[C@H](C)O)c(=O)n2C)n1C.[2H]c1nc2c(c(=O)n(CCCC([2H])([2H])[C@H](C)O)c(=O)n2C)n1C([2H])([2H])[2H]. The maximum atomic E-state index is 12.9. The topological polar surface area (TPSA) is 574 Å². The molecule has 7 N–H and O–H groups in total. The van der Waals surface area contributed by atoms with E-state index in [2.05, 4.69) is 34.9 Å². The summed E-state index contributed by atoms with van der Waals surface area (Å²) in [6, 6.07) is 0. The molecule has 7 atom stereocenters. The zero-order valence-electron chi connectivity index (χ0n) is 112. The minimum absolute atomic E-state index is 0.00125. The van der Waals surface area contributed by atoms with Crippen molar-refractivity contribution >= 4 is 78.1 Å². The Hall–Kier alpha value is -13.2. The highest BCUT2D eigenvalue weighted by molar-refractivity contribution is 5.74. The van der Waals surface area contributed by atoms with Crippen LogP contribution in [0, 0.1) is 20.8 Å². The van der Waals surface area contributed by atoms with Crippen LogP contribution in [0.2, 0.25) is 0 Å². The summed E-state index contributed by atoms with van der Waals surface area (Å²) in [5, 5.41) is 66.0. The van der Waals surface area contributed by atoms with Gasteiger partial charge in [-0.25, -0.2) is 68.4 Å². The summed E-state index contributed by atoms with van der Waals surface area (Å²) < 4.78 is 235. The average molecular weight is 2030 g/mol. The van der Waals surface area contributed by atoms with Gasteiger partial charge in [-0.05, 0) is 204 Å². The minimum Gasteiger partial charge on any atom is -0.393 e. The lowest BCUT2D eigenvalue weighted by Crippen LogP contribution is -2.39. The highest BCUT2D eigenvalue weighted by Crippen LogP contribution is 2.16. The minimum atomic E-state index is -3.06. The van der Waals surface area contributed by atoms with E-state index < -0.39 is 189 Å². The number of rotatable bonds is 35. The molecule has 0 fully saturated rings. The number of aliphatic hydroxyl groups is 7. The van der Waals surface area contributed by atoms with Crippen molar-refractivity contribution in [3.63, 3.8) is 0 Å². The molecular formula is C94H146N28O21. The van der Waals surface area contributed by atoms with Gasteiger partial charge in [0.25, 0.3) is 38.9 Å². The fourth-order valence-electron chi connectivity index (χ4n) is 15.0. The first-order chi connectivity index (χ1) is 77.8. The Morgan fingerprint density at radius 2 is 0.503 bits per heavy atom. The van der Waals surface area contributed by atoms with Crippen molar-refractivity contribution in [2.75, 3.05) is 0 Å². The zero-order chi connectivity index (χ0) is 131. The number of aryl methyl sites for hydroxylation is 17. The molecule has 0 saturated heterocycles. The van der Waals surface area contributed by atoms with Gasteiger partial charge in [-0.2, -0.15) is 0 Å². The first-order valence-electron chi connectivity index (χ1n) is 59.4. The molecule has 0 spiro atoms. The molecule has 0 unspecified atom stereocenters. The smallest absolute Gasteiger partial charge is 0.332 e. The van der Waals surface area contributed by atoms with Crippen LogP contribution < -0.4 is 78.7 Å². The standard InChI is InChI=1S/3C14H22N4O3.4C13H20N4O3/c3*1-9(19)7-5-6-8-18-13(20)11-12(17(4)14(18)21)15-10(2)16(11)3;4*1-9(18)6-4-5-7-17-12(19)10-11(14-8-15(10)2)16(3)13(17)20/h3*9,19H,5-8H2,1-4H3;4*8-9,18H,4-7H2,1-3H3/t7*9-/m0000000/s1/i3D3,4D3,7D2,9D;3D3,7D2,9D;7D2,9D;2D3,6D2,8D;6D2,8D;9D;. The molecule has 0 aliphatic heterocycles. The van der Waals surface area contributed by atoms with Crippen molar-refractivity contribution in [3.8, 4) is 0 Å². The lowest BCUT2D eigenvalue weighted by molar-refractivity contribution is 0.179. The summed E-state index contributed by atoms with van der Waals surface area (Å²) in [5.74, 6) is 0.492. The van der Waals surface area contributed by atoms with Crippen LogP contribution in [0.3, 0.4) is 0 Å². The molecule has 14 rings (SSSR count). The third kappa shape index (κ3) is 27.2. The first-order valence-corrected chi connectivity index (χ1v) is 45.4. The fraction of sp³-hybridized carbons (Fsp3) is 0.628. The molecule has 143 heavy (non-hydrogen) atoms. The van der Waals surface area contributed by atoms with Crippen molar-refractivity contribution in [2.24, 2.45) is 98.4 Å². The van der Waals surface area contributed by atoms with E-state index >= 15 is 0 Å². The number of hydrogen-bond acceptors (Lipinski definition) is 28. The molecule has 0 amide bonds. The molecule has 0 aliphatic carbocycles. The van der Waals surface area contributed by atoms with Crippen LogP contribution in [0.4, 0.5) is 0 Å².